The highest BCUT2D eigenvalue weighted by Crippen LogP contribution is 2.34. The summed E-state index contributed by atoms with van der Waals surface area (Å²) in [6.45, 7) is 0.626. The summed E-state index contributed by atoms with van der Waals surface area (Å²) in [5.41, 5.74) is -0.499. The molecule has 0 bridgehead atoms. The summed E-state index contributed by atoms with van der Waals surface area (Å²) < 4.78 is 40.2. The lowest BCUT2D eigenvalue weighted by Crippen LogP contribution is -2.87. The fourth-order valence-corrected chi connectivity index (χ4v) is 4.41. The van der Waals surface area contributed by atoms with Gasteiger partial charge in [0.25, 0.3) is 5.56 Å². The van der Waals surface area contributed by atoms with Crippen molar-refractivity contribution in [3.63, 3.8) is 0 Å². The number of hydrogen-bond acceptors (Lipinski definition) is 3. The van der Waals surface area contributed by atoms with Crippen LogP contribution in [0.5, 0.6) is 5.88 Å². The largest absolute Gasteiger partial charge is 0.494 e. The molecule has 164 valence electrons. The van der Waals surface area contributed by atoms with Crippen molar-refractivity contribution in [2.75, 3.05) is 6.54 Å². The van der Waals surface area contributed by atoms with Gasteiger partial charge in [-0.3, -0.25) is 9.78 Å². The number of rotatable bonds is 2. The first-order valence-electron chi connectivity index (χ1n) is 9.94. The molecule has 10 heteroatoms. The zero-order valence-electron chi connectivity index (χ0n) is 16.5. The predicted octanol–water partition coefficient (Wildman–Crippen LogP) is 1.94. The number of nitrogens with two attached hydrogens (primary N) is 1. The van der Waals surface area contributed by atoms with Crippen LogP contribution < -0.4 is 16.6 Å². The molecule has 3 heterocycles. The van der Waals surface area contributed by atoms with Crippen LogP contribution in [0.15, 0.2) is 58.1 Å². The topological polar surface area (TPSA) is 107 Å². The molecule has 1 aliphatic heterocycles. The Kier molecular flexibility index (Phi) is 4.48. The number of hydrogen-bond donors (Lipinski definition) is 4. The van der Waals surface area contributed by atoms with Crippen LogP contribution in [-0.4, -0.2) is 26.2 Å². The van der Waals surface area contributed by atoms with E-state index in [1.807, 2.05) is 29.6 Å². The normalized spacial score (nSPS) is 16.3. The Morgan fingerprint density at radius 2 is 1.84 bits per heavy atom. The minimum atomic E-state index is -4.63. The molecule has 0 saturated carbocycles. The van der Waals surface area contributed by atoms with E-state index in [1.165, 1.54) is 6.07 Å². The van der Waals surface area contributed by atoms with Gasteiger partial charge in [0.05, 0.1) is 23.5 Å². The summed E-state index contributed by atoms with van der Waals surface area (Å²) in [5.74, 6) is -0.689. The first kappa shape index (κ1) is 20.1. The summed E-state index contributed by atoms with van der Waals surface area (Å²) in [7, 11) is 0. The number of fused-ring (bicyclic) bond motifs is 3. The Morgan fingerprint density at radius 3 is 2.62 bits per heavy atom. The van der Waals surface area contributed by atoms with Crippen LogP contribution >= 0.6 is 0 Å². The van der Waals surface area contributed by atoms with Crippen molar-refractivity contribution >= 4 is 10.9 Å². The summed E-state index contributed by atoms with van der Waals surface area (Å²) in [6.07, 6.45) is -3.89. The molecule has 1 aliphatic rings. The fraction of sp³-hybridized carbons (Fsp3) is 0.182. The van der Waals surface area contributed by atoms with Crippen molar-refractivity contribution in [1.82, 2.24) is 14.5 Å². The third kappa shape index (κ3) is 3.11. The molecule has 1 atom stereocenters. The van der Waals surface area contributed by atoms with Gasteiger partial charge < -0.3 is 15.4 Å². The summed E-state index contributed by atoms with van der Waals surface area (Å²) in [5, 5.41) is 13.8. The highest BCUT2D eigenvalue weighted by molar-refractivity contribution is 5.85. The quantitative estimate of drug-likeness (QED) is 0.380. The zero-order chi connectivity index (χ0) is 22.6. The maximum absolute atomic E-state index is 13.2. The first-order chi connectivity index (χ1) is 15.3. The number of aromatic hydroxyl groups is 1. The molecule has 0 aliphatic carbocycles. The minimum absolute atomic E-state index is 0.102. The average molecular weight is 443 g/mol. The molecule has 0 fully saturated rings. The molecular weight excluding hydrogens is 425 g/mol. The number of quaternary nitrogens is 1. The van der Waals surface area contributed by atoms with E-state index in [1.54, 1.807) is 0 Å². The summed E-state index contributed by atoms with van der Waals surface area (Å²) in [4.78, 5) is 30.7. The molecule has 7 nitrogen and oxygen atoms in total. The number of aromatic nitrogens is 3. The van der Waals surface area contributed by atoms with Crippen LogP contribution in [0.2, 0.25) is 0 Å². The number of aromatic amines is 2. The van der Waals surface area contributed by atoms with Crippen molar-refractivity contribution in [2.24, 2.45) is 0 Å². The molecule has 0 radical (unpaired) electrons. The van der Waals surface area contributed by atoms with Gasteiger partial charge in [0.2, 0.25) is 5.88 Å². The first-order valence-corrected chi connectivity index (χ1v) is 9.94. The maximum atomic E-state index is 13.2. The Bertz CT molecular complexity index is 1470. The van der Waals surface area contributed by atoms with Gasteiger partial charge in [0, 0.05) is 17.3 Å². The van der Waals surface area contributed by atoms with Gasteiger partial charge in [-0.15, -0.1) is 0 Å². The molecule has 32 heavy (non-hydrogen) atoms. The van der Waals surface area contributed by atoms with Gasteiger partial charge in [-0.05, 0) is 29.8 Å². The number of H-pyrrole nitrogens is 2. The van der Waals surface area contributed by atoms with E-state index in [0.717, 1.165) is 41.1 Å². The van der Waals surface area contributed by atoms with E-state index in [2.05, 4.69) is 9.97 Å². The molecule has 2 aromatic heterocycles. The van der Waals surface area contributed by atoms with Crippen molar-refractivity contribution < 1.29 is 23.6 Å². The van der Waals surface area contributed by atoms with Crippen molar-refractivity contribution in [1.29, 1.82) is 0 Å². The Hall–Kier alpha value is -3.79. The second-order valence-electron chi connectivity index (χ2n) is 7.69. The van der Waals surface area contributed by atoms with E-state index in [4.69, 9.17) is 0 Å². The average Bonchev–Trinajstić information content (AvgIpc) is 3.13. The lowest BCUT2D eigenvalue weighted by molar-refractivity contribution is -0.690. The van der Waals surface area contributed by atoms with E-state index in [9.17, 15) is 27.9 Å². The van der Waals surface area contributed by atoms with Crippen molar-refractivity contribution in [3.8, 4) is 11.6 Å². The van der Waals surface area contributed by atoms with Crippen molar-refractivity contribution in [2.45, 2.75) is 18.6 Å². The molecule has 0 saturated heterocycles. The highest BCUT2D eigenvalue weighted by atomic mass is 19.4. The van der Waals surface area contributed by atoms with Gasteiger partial charge in [-0.1, -0.05) is 24.3 Å². The summed E-state index contributed by atoms with van der Waals surface area (Å²) in [6, 6.07) is 11.0. The molecule has 2 aromatic carbocycles. The minimum Gasteiger partial charge on any atom is -0.494 e. The van der Waals surface area contributed by atoms with Crippen LogP contribution in [0, 0.1) is 0 Å². The number of halogens is 3. The number of benzene rings is 2. The van der Waals surface area contributed by atoms with E-state index < -0.39 is 34.9 Å². The lowest BCUT2D eigenvalue weighted by Gasteiger charge is -2.22. The molecule has 5 rings (SSSR count). The standard InChI is InChI=1S/C22H17F3N4O3/c23-22(24,25)11-4-3-5-12(10-11)29-20(31)16(19(30)28-21(29)32)18-17-14(8-9-26-18)13-6-1-2-7-15(13)27-17/h1-7,10,18,26-27,31H,8-9H2,(H,28,30,32)/p+1/t18-/m1/s1. The Balaban J connectivity index is 1.72. The molecule has 0 amide bonds. The fourth-order valence-electron chi connectivity index (χ4n) is 4.41. The van der Waals surface area contributed by atoms with Crippen molar-refractivity contribution in [3.05, 3.63) is 91.8 Å². The molecular formula is C22H18F3N4O3+. The second-order valence-corrected chi connectivity index (χ2v) is 7.69. The van der Waals surface area contributed by atoms with Gasteiger partial charge >= 0.3 is 11.9 Å². The van der Waals surface area contributed by atoms with Crippen LogP contribution in [-0.2, 0) is 12.6 Å². The predicted molar refractivity (Wildman–Crippen MR) is 110 cm³/mol. The van der Waals surface area contributed by atoms with Crippen LogP contribution in [0.4, 0.5) is 13.2 Å². The molecule has 5 N–H and O–H groups in total. The second kappa shape index (κ2) is 7.13. The van der Waals surface area contributed by atoms with Gasteiger partial charge in [-0.2, -0.15) is 13.2 Å². The number of nitrogens with one attached hydrogen (secondary N) is 2. The molecule has 0 unspecified atom stereocenters. The highest BCUT2D eigenvalue weighted by Gasteiger charge is 2.35. The lowest BCUT2D eigenvalue weighted by atomic mass is 9.95. The van der Waals surface area contributed by atoms with Crippen LogP contribution in [0.25, 0.3) is 16.6 Å². The molecule has 0 spiro atoms. The Labute approximate surface area is 178 Å². The Morgan fingerprint density at radius 1 is 1.06 bits per heavy atom. The number of para-hydroxylation sites is 1. The van der Waals surface area contributed by atoms with E-state index in [-0.39, 0.29) is 11.3 Å². The van der Waals surface area contributed by atoms with Gasteiger partial charge in [0.15, 0.2) is 6.04 Å². The van der Waals surface area contributed by atoms with Gasteiger partial charge in [0.1, 0.15) is 5.56 Å². The number of alkyl halides is 3. The van der Waals surface area contributed by atoms with Crippen LogP contribution in [0.1, 0.15) is 28.4 Å². The molecule has 4 aromatic rings. The SMILES string of the molecule is O=c1[nH]c(=O)n(-c2cccc(C(F)(F)F)c2)c(O)c1[C@H]1[NH2+]CCc2c1[nH]c1ccccc21. The monoisotopic (exact) mass is 443 g/mol. The summed E-state index contributed by atoms with van der Waals surface area (Å²) >= 11 is 0. The third-order valence-corrected chi connectivity index (χ3v) is 5.82. The van der Waals surface area contributed by atoms with E-state index in [0.29, 0.717) is 16.8 Å². The van der Waals surface area contributed by atoms with Gasteiger partial charge in [-0.25, -0.2) is 9.36 Å². The zero-order valence-corrected chi connectivity index (χ0v) is 16.5. The number of nitrogens with zero attached hydrogens (tertiary/aromatic N) is 1. The van der Waals surface area contributed by atoms with Crippen LogP contribution in [0.3, 0.4) is 0 Å². The smallest absolute Gasteiger partial charge is 0.416 e. The maximum Gasteiger partial charge on any atom is 0.416 e. The van der Waals surface area contributed by atoms with E-state index >= 15 is 0 Å². The third-order valence-electron chi connectivity index (χ3n) is 5.82.